The molecule has 1 N–H and O–H groups in total. The van der Waals surface area contributed by atoms with Crippen LogP contribution in [-0.4, -0.2) is 49.7 Å². The third kappa shape index (κ3) is 4.19. The van der Waals surface area contributed by atoms with Gasteiger partial charge in [-0.2, -0.15) is 0 Å². The highest BCUT2D eigenvalue weighted by atomic mass is 16.5. The summed E-state index contributed by atoms with van der Waals surface area (Å²) in [4.78, 5) is 14.0. The zero-order chi connectivity index (χ0) is 14.5. The normalized spacial score (nSPS) is 33.5. The van der Waals surface area contributed by atoms with E-state index in [1.165, 1.54) is 44.9 Å². The maximum absolute atomic E-state index is 12.1. The molecule has 0 bridgehead atoms. The Morgan fingerprint density at radius 1 is 1.05 bits per heavy atom. The molecule has 21 heavy (non-hydrogen) atoms. The van der Waals surface area contributed by atoms with Gasteiger partial charge in [-0.05, 0) is 31.1 Å². The Hall–Kier alpha value is -0.610. The van der Waals surface area contributed by atoms with Gasteiger partial charge in [0.25, 0.3) is 0 Å². The predicted molar refractivity (Wildman–Crippen MR) is 83.1 cm³/mol. The number of hydrogen-bond donors (Lipinski definition) is 1. The van der Waals surface area contributed by atoms with Crippen LogP contribution in [0.5, 0.6) is 0 Å². The summed E-state index contributed by atoms with van der Waals surface area (Å²) >= 11 is 0. The van der Waals surface area contributed by atoms with E-state index < -0.39 is 0 Å². The number of rotatable bonds is 4. The fourth-order valence-electron chi connectivity index (χ4n) is 4.41. The van der Waals surface area contributed by atoms with Crippen molar-refractivity contribution in [2.45, 2.75) is 57.4 Å². The fraction of sp³-hybridized carbons (Fsp3) is 0.941. The van der Waals surface area contributed by atoms with Crippen LogP contribution in [0.3, 0.4) is 0 Å². The van der Waals surface area contributed by atoms with Crippen LogP contribution in [0, 0.1) is 11.8 Å². The number of nitrogens with zero attached hydrogens (tertiary/aromatic N) is 1. The Balaban J connectivity index is 1.34. The molecule has 4 heteroatoms. The van der Waals surface area contributed by atoms with Crippen molar-refractivity contribution in [1.82, 2.24) is 10.2 Å². The van der Waals surface area contributed by atoms with E-state index >= 15 is 0 Å². The average molecular weight is 294 g/mol. The number of amides is 1. The highest BCUT2D eigenvalue weighted by Crippen LogP contribution is 2.40. The number of carbonyl (C=O) groups is 1. The first kappa shape index (κ1) is 15.3. The van der Waals surface area contributed by atoms with Crippen LogP contribution in [0.25, 0.3) is 0 Å². The Bertz CT molecular complexity index is 342. The lowest BCUT2D eigenvalue weighted by Crippen LogP contribution is -2.43. The van der Waals surface area contributed by atoms with Crippen LogP contribution in [0.2, 0.25) is 0 Å². The average Bonchev–Trinajstić information content (AvgIpc) is 2.55. The second kappa shape index (κ2) is 7.59. The lowest BCUT2D eigenvalue weighted by atomic mass is 9.69. The van der Waals surface area contributed by atoms with Crippen molar-refractivity contribution in [3.05, 3.63) is 0 Å². The van der Waals surface area contributed by atoms with E-state index in [1.807, 2.05) is 4.90 Å². The molecule has 0 radical (unpaired) electrons. The van der Waals surface area contributed by atoms with Crippen molar-refractivity contribution in [2.24, 2.45) is 11.8 Å². The van der Waals surface area contributed by atoms with Gasteiger partial charge >= 0.3 is 0 Å². The topological polar surface area (TPSA) is 41.6 Å². The minimum absolute atomic E-state index is 0.289. The summed E-state index contributed by atoms with van der Waals surface area (Å²) in [6, 6.07) is 0.654. The summed E-state index contributed by atoms with van der Waals surface area (Å²) in [5.41, 5.74) is 0. The number of nitrogens with one attached hydrogen (secondary N) is 1. The molecule has 3 aliphatic rings. The van der Waals surface area contributed by atoms with Crippen molar-refractivity contribution in [1.29, 1.82) is 0 Å². The lowest BCUT2D eigenvalue weighted by Gasteiger charge is -2.39. The zero-order valence-corrected chi connectivity index (χ0v) is 13.2. The first-order valence-corrected chi connectivity index (χ1v) is 8.92. The molecule has 3 unspecified atom stereocenters. The van der Waals surface area contributed by atoms with E-state index in [1.54, 1.807) is 0 Å². The molecule has 3 fully saturated rings. The van der Waals surface area contributed by atoms with Crippen LogP contribution in [-0.2, 0) is 9.53 Å². The number of fused-ring (bicyclic) bond motifs is 1. The molecule has 0 aromatic heterocycles. The van der Waals surface area contributed by atoms with Gasteiger partial charge in [0.15, 0.2) is 0 Å². The van der Waals surface area contributed by atoms with E-state index in [2.05, 4.69) is 5.32 Å². The largest absolute Gasteiger partial charge is 0.378 e. The summed E-state index contributed by atoms with van der Waals surface area (Å²) in [7, 11) is 0. The summed E-state index contributed by atoms with van der Waals surface area (Å²) < 4.78 is 5.29. The van der Waals surface area contributed by atoms with Gasteiger partial charge in [-0.3, -0.25) is 4.79 Å². The van der Waals surface area contributed by atoms with Gasteiger partial charge in [-0.25, -0.2) is 0 Å². The molecule has 3 rings (SSSR count). The Labute approximate surface area is 128 Å². The number of ether oxygens (including phenoxy) is 1. The van der Waals surface area contributed by atoms with Gasteiger partial charge in [-0.15, -0.1) is 0 Å². The Morgan fingerprint density at radius 2 is 1.81 bits per heavy atom. The van der Waals surface area contributed by atoms with E-state index in [9.17, 15) is 4.79 Å². The highest BCUT2D eigenvalue weighted by Gasteiger charge is 2.31. The molecule has 4 nitrogen and oxygen atoms in total. The molecule has 2 aliphatic carbocycles. The summed E-state index contributed by atoms with van der Waals surface area (Å²) in [5, 5.41) is 3.65. The lowest BCUT2D eigenvalue weighted by molar-refractivity contribution is -0.135. The van der Waals surface area contributed by atoms with Crippen molar-refractivity contribution in [2.75, 3.05) is 32.8 Å². The number of morpholine rings is 1. The van der Waals surface area contributed by atoms with E-state index in [4.69, 9.17) is 4.74 Å². The van der Waals surface area contributed by atoms with Gasteiger partial charge < -0.3 is 15.0 Å². The van der Waals surface area contributed by atoms with E-state index in [-0.39, 0.29) is 5.91 Å². The summed E-state index contributed by atoms with van der Waals surface area (Å²) in [6.07, 6.45) is 10.5. The summed E-state index contributed by atoms with van der Waals surface area (Å²) in [5.74, 6) is 2.25. The quantitative estimate of drug-likeness (QED) is 0.864. The first-order chi connectivity index (χ1) is 10.3. The number of carbonyl (C=O) groups excluding carboxylic acids is 1. The molecule has 3 atom stereocenters. The van der Waals surface area contributed by atoms with E-state index in [0.717, 1.165) is 31.5 Å². The minimum Gasteiger partial charge on any atom is -0.378 e. The molecule has 1 amide bonds. The summed E-state index contributed by atoms with van der Waals surface area (Å²) in [6.45, 7) is 3.78. The molecule has 0 aromatic carbocycles. The fourth-order valence-corrected chi connectivity index (χ4v) is 4.41. The van der Waals surface area contributed by atoms with Crippen molar-refractivity contribution in [3.8, 4) is 0 Å². The van der Waals surface area contributed by atoms with E-state index in [0.29, 0.717) is 25.7 Å². The van der Waals surface area contributed by atoms with Gasteiger partial charge in [0, 0.05) is 32.1 Å². The standard InChI is InChI=1S/C17H30N2O2/c20-17(19-9-11-21-12-10-19)7-8-18-16-6-5-14-3-1-2-4-15(14)13-16/h14-16,18H,1-13H2. The third-order valence-electron chi connectivity index (χ3n) is 5.68. The predicted octanol–water partition coefficient (Wildman–Crippen LogP) is 2.18. The molecule has 0 aromatic rings. The monoisotopic (exact) mass is 294 g/mol. The molecule has 0 spiro atoms. The van der Waals surface area contributed by atoms with Crippen LogP contribution in [0.15, 0.2) is 0 Å². The molecule has 1 heterocycles. The van der Waals surface area contributed by atoms with Crippen molar-refractivity contribution in [3.63, 3.8) is 0 Å². The molecule has 2 saturated carbocycles. The Morgan fingerprint density at radius 3 is 2.62 bits per heavy atom. The zero-order valence-electron chi connectivity index (χ0n) is 13.2. The third-order valence-corrected chi connectivity index (χ3v) is 5.68. The van der Waals surface area contributed by atoms with Crippen LogP contribution >= 0.6 is 0 Å². The highest BCUT2D eigenvalue weighted by molar-refractivity contribution is 5.76. The minimum atomic E-state index is 0.289. The van der Waals surface area contributed by atoms with Gasteiger partial charge in [0.05, 0.1) is 13.2 Å². The SMILES string of the molecule is O=C(CCNC1CCC2CCCCC2C1)N1CCOCC1. The molecular weight excluding hydrogens is 264 g/mol. The van der Waals surface area contributed by atoms with Crippen molar-refractivity contribution >= 4 is 5.91 Å². The maximum Gasteiger partial charge on any atom is 0.224 e. The van der Waals surface area contributed by atoms with Gasteiger partial charge in [0.2, 0.25) is 5.91 Å². The molecule has 1 aliphatic heterocycles. The first-order valence-electron chi connectivity index (χ1n) is 8.92. The van der Waals surface area contributed by atoms with Crippen LogP contribution in [0.4, 0.5) is 0 Å². The van der Waals surface area contributed by atoms with Crippen LogP contribution < -0.4 is 5.32 Å². The van der Waals surface area contributed by atoms with Gasteiger partial charge in [-0.1, -0.05) is 25.7 Å². The second-order valence-electron chi connectivity index (χ2n) is 7.01. The Kier molecular flexibility index (Phi) is 5.53. The van der Waals surface area contributed by atoms with Crippen molar-refractivity contribution < 1.29 is 9.53 Å². The molecule has 1 saturated heterocycles. The van der Waals surface area contributed by atoms with Crippen LogP contribution in [0.1, 0.15) is 51.4 Å². The molecular formula is C17H30N2O2. The second-order valence-corrected chi connectivity index (χ2v) is 7.01. The smallest absolute Gasteiger partial charge is 0.224 e. The molecule has 120 valence electrons. The maximum atomic E-state index is 12.1. The van der Waals surface area contributed by atoms with Gasteiger partial charge in [0.1, 0.15) is 0 Å². The number of hydrogen-bond acceptors (Lipinski definition) is 3.